The monoisotopic (exact) mass is 434 g/mol. The second-order valence-corrected chi connectivity index (χ2v) is 8.16. The van der Waals surface area contributed by atoms with Crippen molar-refractivity contribution >= 4 is 6.09 Å². The summed E-state index contributed by atoms with van der Waals surface area (Å²) in [6, 6.07) is 20.4. The van der Waals surface area contributed by atoms with Crippen molar-refractivity contribution in [2.24, 2.45) is 0 Å². The number of aliphatic hydroxyl groups excluding tert-OH is 1. The molecule has 3 aromatic rings. The number of halogens is 1. The van der Waals surface area contributed by atoms with Crippen LogP contribution in [0.25, 0.3) is 11.3 Å². The van der Waals surface area contributed by atoms with Crippen molar-refractivity contribution in [3.63, 3.8) is 0 Å². The zero-order valence-electron chi connectivity index (χ0n) is 18.1. The van der Waals surface area contributed by atoms with Gasteiger partial charge >= 0.3 is 6.09 Å². The van der Waals surface area contributed by atoms with Crippen molar-refractivity contribution in [2.75, 3.05) is 13.2 Å². The zero-order chi connectivity index (χ0) is 22.6. The Morgan fingerprint density at radius 1 is 1.12 bits per heavy atom. The summed E-state index contributed by atoms with van der Waals surface area (Å²) in [7, 11) is 0. The summed E-state index contributed by atoms with van der Waals surface area (Å²) >= 11 is 0. The van der Waals surface area contributed by atoms with Crippen molar-refractivity contribution in [2.45, 2.75) is 37.8 Å². The molecule has 6 heteroatoms. The maximum Gasteiger partial charge on any atom is 0.411 e. The summed E-state index contributed by atoms with van der Waals surface area (Å²) in [6.07, 6.45) is 2.66. The van der Waals surface area contributed by atoms with Gasteiger partial charge in [-0.25, -0.2) is 9.18 Å². The number of carbonyl (C=O) groups excluding carboxylic acids is 1. The number of rotatable bonds is 7. The van der Waals surface area contributed by atoms with Gasteiger partial charge in [-0.3, -0.25) is 4.98 Å². The predicted octanol–water partition coefficient (Wildman–Crippen LogP) is 5.46. The van der Waals surface area contributed by atoms with Gasteiger partial charge in [0.2, 0.25) is 0 Å². The number of hydrogen-bond donors (Lipinski definition) is 1. The Balaban J connectivity index is 1.50. The van der Waals surface area contributed by atoms with E-state index in [0.717, 1.165) is 16.7 Å². The Morgan fingerprint density at radius 3 is 2.50 bits per heavy atom. The fraction of sp³-hybridized carbons (Fsp3) is 0.308. The number of aromatic nitrogens is 1. The van der Waals surface area contributed by atoms with E-state index >= 15 is 0 Å². The highest BCUT2D eigenvalue weighted by Gasteiger charge is 2.43. The molecular weight excluding hydrogens is 407 g/mol. The molecule has 1 fully saturated rings. The topological polar surface area (TPSA) is 62.7 Å². The Kier molecular flexibility index (Phi) is 6.51. The normalized spacial score (nSPS) is 19.5. The second kappa shape index (κ2) is 9.49. The summed E-state index contributed by atoms with van der Waals surface area (Å²) in [5, 5.41) is 9.36. The molecule has 1 aromatic heterocycles. The molecule has 1 aliphatic rings. The Morgan fingerprint density at radius 2 is 1.88 bits per heavy atom. The minimum Gasteiger partial charge on any atom is -0.438 e. The van der Waals surface area contributed by atoms with Crippen LogP contribution < -0.4 is 0 Å². The average Bonchev–Trinajstić information content (AvgIpc) is 2.83. The van der Waals surface area contributed by atoms with E-state index in [1.165, 1.54) is 12.3 Å². The van der Waals surface area contributed by atoms with Crippen LogP contribution in [0, 0.1) is 5.82 Å². The fourth-order valence-electron chi connectivity index (χ4n) is 4.31. The number of ether oxygens (including phenoxy) is 1. The van der Waals surface area contributed by atoms with E-state index in [1.54, 1.807) is 11.0 Å². The van der Waals surface area contributed by atoms with Gasteiger partial charge in [0, 0.05) is 25.1 Å². The first-order valence-corrected chi connectivity index (χ1v) is 10.9. The van der Waals surface area contributed by atoms with Gasteiger partial charge in [0.15, 0.2) is 0 Å². The third kappa shape index (κ3) is 4.50. The number of nitrogens with zero attached hydrogens (tertiary/aromatic N) is 2. The van der Waals surface area contributed by atoms with Crippen LogP contribution in [0.1, 0.15) is 43.4 Å². The van der Waals surface area contributed by atoms with Crippen LogP contribution in [-0.4, -0.2) is 34.2 Å². The molecule has 0 radical (unpaired) electrons. The average molecular weight is 435 g/mol. The van der Waals surface area contributed by atoms with Crippen molar-refractivity contribution in [1.82, 2.24) is 9.88 Å². The SMILES string of the molecule is C[C@@H](c1ccc(-c2ccc(F)cn2)cc1)N1CC[C@](CCCO)(c2ccccc2)OC1=O. The molecule has 0 bridgehead atoms. The number of carbonyl (C=O) groups is 1. The lowest BCUT2D eigenvalue weighted by molar-refractivity contribution is -0.0680. The molecule has 0 unspecified atom stereocenters. The van der Waals surface area contributed by atoms with Gasteiger partial charge in [-0.1, -0.05) is 54.6 Å². The zero-order valence-corrected chi connectivity index (χ0v) is 18.1. The van der Waals surface area contributed by atoms with Gasteiger partial charge in [-0.05, 0) is 43.0 Å². The van der Waals surface area contributed by atoms with Gasteiger partial charge in [-0.2, -0.15) is 0 Å². The molecule has 1 saturated heterocycles. The van der Waals surface area contributed by atoms with E-state index in [9.17, 15) is 14.3 Å². The molecule has 1 amide bonds. The summed E-state index contributed by atoms with van der Waals surface area (Å²) in [4.78, 5) is 18.9. The predicted molar refractivity (Wildman–Crippen MR) is 120 cm³/mol. The number of cyclic esters (lactones) is 1. The number of hydrogen-bond acceptors (Lipinski definition) is 4. The van der Waals surface area contributed by atoms with E-state index in [2.05, 4.69) is 4.98 Å². The molecule has 5 nitrogen and oxygen atoms in total. The highest BCUT2D eigenvalue weighted by molar-refractivity contribution is 5.70. The standard InChI is InChI=1S/C26H27FN2O3/c1-19(20-8-10-21(11-9-20)24-13-12-23(27)18-28-24)29-16-15-26(14-5-17-30,32-25(29)31)22-6-3-2-4-7-22/h2-4,6-13,18-19,30H,5,14-17H2,1H3/t19-,26+/m0/s1. The number of aliphatic hydroxyl groups is 1. The van der Waals surface area contributed by atoms with Crippen LogP contribution in [0.3, 0.4) is 0 Å². The molecular formula is C26H27FN2O3. The maximum absolute atomic E-state index is 13.1. The third-order valence-electron chi connectivity index (χ3n) is 6.20. The first kappa shape index (κ1) is 22.0. The molecule has 166 valence electrons. The second-order valence-electron chi connectivity index (χ2n) is 8.16. The Bertz CT molecular complexity index is 1040. The van der Waals surface area contributed by atoms with Gasteiger partial charge in [0.1, 0.15) is 11.4 Å². The number of benzene rings is 2. The van der Waals surface area contributed by atoms with Gasteiger partial charge in [0.25, 0.3) is 0 Å². The fourth-order valence-corrected chi connectivity index (χ4v) is 4.31. The molecule has 2 aromatic carbocycles. The van der Waals surface area contributed by atoms with E-state index in [4.69, 9.17) is 4.74 Å². The summed E-state index contributed by atoms with van der Waals surface area (Å²) in [5.74, 6) is -0.367. The Labute approximate surface area is 187 Å². The Hall–Kier alpha value is -3.25. The van der Waals surface area contributed by atoms with Crippen LogP contribution in [0.2, 0.25) is 0 Å². The molecule has 0 saturated carbocycles. The highest BCUT2D eigenvalue weighted by Crippen LogP contribution is 2.40. The van der Waals surface area contributed by atoms with Crippen LogP contribution in [0.5, 0.6) is 0 Å². The van der Waals surface area contributed by atoms with Crippen molar-refractivity contribution in [3.05, 3.63) is 89.9 Å². The highest BCUT2D eigenvalue weighted by atomic mass is 19.1. The molecule has 2 atom stereocenters. The van der Waals surface area contributed by atoms with Crippen molar-refractivity contribution in [3.8, 4) is 11.3 Å². The lowest BCUT2D eigenvalue weighted by Crippen LogP contribution is -2.48. The molecule has 0 spiro atoms. The van der Waals surface area contributed by atoms with Crippen molar-refractivity contribution in [1.29, 1.82) is 0 Å². The van der Waals surface area contributed by atoms with Crippen LogP contribution >= 0.6 is 0 Å². The quantitative estimate of drug-likeness (QED) is 0.536. The van der Waals surface area contributed by atoms with Gasteiger partial charge in [-0.15, -0.1) is 0 Å². The van der Waals surface area contributed by atoms with Crippen LogP contribution in [-0.2, 0) is 10.3 Å². The number of amides is 1. The minimum atomic E-state index is -0.713. The molecule has 2 heterocycles. The van der Waals surface area contributed by atoms with Crippen molar-refractivity contribution < 1.29 is 19.0 Å². The molecule has 0 aliphatic carbocycles. The molecule has 1 aliphatic heterocycles. The largest absolute Gasteiger partial charge is 0.438 e. The molecule has 4 rings (SSSR count). The van der Waals surface area contributed by atoms with E-state index in [1.807, 2.05) is 61.5 Å². The molecule has 1 N–H and O–H groups in total. The van der Waals surface area contributed by atoms with Crippen LogP contribution in [0.4, 0.5) is 9.18 Å². The van der Waals surface area contributed by atoms with Crippen LogP contribution in [0.15, 0.2) is 72.9 Å². The molecule has 32 heavy (non-hydrogen) atoms. The lowest BCUT2D eigenvalue weighted by atomic mass is 9.84. The van der Waals surface area contributed by atoms with E-state index in [-0.39, 0.29) is 24.6 Å². The lowest BCUT2D eigenvalue weighted by Gasteiger charge is -2.43. The first-order valence-electron chi connectivity index (χ1n) is 10.9. The van der Waals surface area contributed by atoms with E-state index < -0.39 is 5.60 Å². The number of pyridine rings is 1. The van der Waals surface area contributed by atoms with Gasteiger partial charge < -0.3 is 14.7 Å². The van der Waals surface area contributed by atoms with Gasteiger partial charge in [0.05, 0.1) is 17.9 Å². The summed E-state index contributed by atoms with van der Waals surface area (Å²) < 4.78 is 19.2. The minimum absolute atomic E-state index is 0.0571. The van der Waals surface area contributed by atoms with E-state index in [0.29, 0.717) is 31.5 Å². The third-order valence-corrected chi connectivity index (χ3v) is 6.20. The summed E-state index contributed by atoms with van der Waals surface area (Å²) in [5.41, 5.74) is 2.81. The first-order chi connectivity index (χ1) is 15.5. The smallest absolute Gasteiger partial charge is 0.411 e. The maximum atomic E-state index is 13.1. The summed E-state index contributed by atoms with van der Waals surface area (Å²) in [6.45, 7) is 2.60.